The molecule has 0 spiro atoms. The van der Waals surface area contributed by atoms with Crippen molar-refractivity contribution in [1.29, 1.82) is 0 Å². The van der Waals surface area contributed by atoms with E-state index in [1.807, 2.05) is 24.5 Å². The van der Waals surface area contributed by atoms with Crippen LogP contribution in [0.5, 0.6) is 0 Å². The lowest BCUT2D eigenvalue weighted by atomic mass is 10.2. The molecule has 3 N–H and O–H groups in total. The second kappa shape index (κ2) is 6.12. The molecule has 0 aliphatic heterocycles. The van der Waals surface area contributed by atoms with E-state index in [0.29, 0.717) is 12.2 Å². The molecule has 2 aromatic rings. The molecule has 0 unspecified atom stereocenters. The Bertz CT molecular complexity index is 496. The Morgan fingerprint density at radius 2 is 1.35 bits per heavy atom. The number of hydrogen-bond donors (Lipinski definition) is 3. The van der Waals surface area contributed by atoms with Crippen molar-refractivity contribution >= 4 is 22.7 Å². The van der Waals surface area contributed by atoms with Gasteiger partial charge in [-0.25, -0.2) is 9.59 Å². The number of aromatic nitrogens is 1. The Labute approximate surface area is 97.0 Å². The lowest BCUT2D eigenvalue weighted by Crippen LogP contribution is -1.91. The summed E-state index contributed by atoms with van der Waals surface area (Å²) in [4.78, 5) is 22.1. The zero-order valence-electron chi connectivity index (χ0n) is 8.83. The Morgan fingerprint density at radius 1 is 0.941 bits per heavy atom. The molecule has 5 nitrogen and oxygen atoms in total. The van der Waals surface area contributed by atoms with Crippen LogP contribution in [0.4, 0.5) is 0 Å². The number of benzene rings is 1. The standard InChI is InChI=1S/C8H7N.C4H4O4/c1-2-4-8-6-9-5-7(8)3-1;5-3(6)1-2-4(7)8/h1-6,9H;1-2H,(H,5,6)(H,7,8)/b;2-1+. The minimum Gasteiger partial charge on any atom is -0.478 e. The quantitative estimate of drug-likeness (QED) is 0.691. The number of carbonyl (C=O) groups is 2. The first-order chi connectivity index (χ1) is 8.09. The molecule has 1 aromatic heterocycles. The van der Waals surface area contributed by atoms with E-state index in [-0.39, 0.29) is 0 Å². The van der Waals surface area contributed by atoms with Gasteiger partial charge in [0.2, 0.25) is 0 Å². The van der Waals surface area contributed by atoms with Crippen molar-refractivity contribution in [2.75, 3.05) is 0 Å². The van der Waals surface area contributed by atoms with E-state index in [0.717, 1.165) is 0 Å². The normalized spacial score (nSPS) is 9.88. The highest BCUT2D eigenvalue weighted by Gasteiger charge is 1.88. The second-order valence-corrected chi connectivity index (χ2v) is 3.09. The minimum absolute atomic E-state index is 0.558. The lowest BCUT2D eigenvalue weighted by molar-refractivity contribution is -0.134. The van der Waals surface area contributed by atoms with Gasteiger partial charge in [-0.3, -0.25) is 0 Å². The van der Waals surface area contributed by atoms with Gasteiger partial charge >= 0.3 is 11.9 Å². The first kappa shape index (κ1) is 12.5. The van der Waals surface area contributed by atoms with Gasteiger partial charge in [-0.2, -0.15) is 0 Å². The van der Waals surface area contributed by atoms with Gasteiger partial charge in [0.25, 0.3) is 0 Å². The number of carboxylic acids is 2. The van der Waals surface area contributed by atoms with Crippen LogP contribution in [-0.2, 0) is 9.59 Å². The molecule has 0 atom stereocenters. The molecule has 17 heavy (non-hydrogen) atoms. The minimum atomic E-state index is -1.26. The fourth-order valence-electron chi connectivity index (χ4n) is 1.14. The number of hydrogen-bond acceptors (Lipinski definition) is 2. The van der Waals surface area contributed by atoms with Crippen molar-refractivity contribution in [1.82, 2.24) is 4.98 Å². The molecule has 0 aliphatic carbocycles. The van der Waals surface area contributed by atoms with Gasteiger partial charge < -0.3 is 15.2 Å². The summed E-state index contributed by atoms with van der Waals surface area (Å²) in [5.74, 6) is -2.51. The van der Waals surface area contributed by atoms with E-state index in [1.165, 1.54) is 10.8 Å². The van der Waals surface area contributed by atoms with Crippen LogP contribution in [0.25, 0.3) is 10.8 Å². The molecule has 0 saturated carbocycles. The maximum atomic E-state index is 9.55. The third-order valence-electron chi connectivity index (χ3n) is 1.84. The van der Waals surface area contributed by atoms with E-state index < -0.39 is 11.9 Å². The highest BCUT2D eigenvalue weighted by Crippen LogP contribution is 2.10. The van der Waals surface area contributed by atoms with E-state index in [4.69, 9.17) is 10.2 Å². The monoisotopic (exact) mass is 233 g/mol. The van der Waals surface area contributed by atoms with Crippen LogP contribution < -0.4 is 0 Å². The molecular formula is C12H11NO4. The third kappa shape index (κ3) is 4.65. The van der Waals surface area contributed by atoms with Crippen molar-refractivity contribution in [2.24, 2.45) is 0 Å². The molecule has 5 heteroatoms. The highest BCUT2D eigenvalue weighted by molar-refractivity contribution is 5.89. The first-order valence-electron chi connectivity index (χ1n) is 4.75. The summed E-state index contributed by atoms with van der Waals surface area (Å²) >= 11 is 0. The number of fused-ring (bicyclic) bond motifs is 1. The van der Waals surface area contributed by atoms with Crippen LogP contribution in [0.15, 0.2) is 48.8 Å². The van der Waals surface area contributed by atoms with Gasteiger partial charge in [0.05, 0.1) is 0 Å². The smallest absolute Gasteiger partial charge is 0.328 e. The maximum absolute atomic E-state index is 9.55. The number of carboxylic acid groups (broad SMARTS) is 2. The van der Waals surface area contributed by atoms with Crippen molar-refractivity contribution in [3.63, 3.8) is 0 Å². The van der Waals surface area contributed by atoms with E-state index >= 15 is 0 Å². The third-order valence-corrected chi connectivity index (χ3v) is 1.84. The lowest BCUT2D eigenvalue weighted by Gasteiger charge is -1.81. The Hall–Kier alpha value is -2.56. The maximum Gasteiger partial charge on any atom is 0.328 e. The first-order valence-corrected chi connectivity index (χ1v) is 4.75. The molecule has 0 fully saturated rings. The van der Waals surface area contributed by atoms with Crippen LogP contribution in [-0.4, -0.2) is 27.1 Å². The number of aliphatic carboxylic acids is 2. The summed E-state index contributed by atoms with van der Waals surface area (Å²) in [5, 5.41) is 18.2. The van der Waals surface area contributed by atoms with E-state index in [9.17, 15) is 9.59 Å². The van der Waals surface area contributed by atoms with Crippen molar-refractivity contribution in [2.45, 2.75) is 0 Å². The molecule has 0 saturated heterocycles. The van der Waals surface area contributed by atoms with Crippen LogP contribution in [0.3, 0.4) is 0 Å². The summed E-state index contributed by atoms with van der Waals surface area (Å²) < 4.78 is 0. The molecule has 88 valence electrons. The second-order valence-electron chi connectivity index (χ2n) is 3.09. The summed E-state index contributed by atoms with van der Waals surface area (Å²) in [6, 6.07) is 8.25. The van der Waals surface area contributed by atoms with Crippen molar-refractivity contribution < 1.29 is 19.8 Å². The Morgan fingerprint density at radius 3 is 1.71 bits per heavy atom. The summed E-state index contributed by atoms with van der Waals surface area (Å²) in [6.45, 7) is 0. The van der Waals surface area contributed by atoms with E-state index in [1.54, 1.807) is 0 Å². The van der Waals surface area contributed by atoms with Gasteiger partial charge in [0, 0.05) is 24.5 Å². The molecule has 0 bridgehead atoms. The largest absolute Gasteiger partial charge is 0.478 e. The van der Waals surface area contributed by atoms with Crippen LogP contribution in [0.1, 0.15) is 0 Å². The zero-order chi connectivity index (χ0) is 12.7. The fourth-order valence-corrected chi connectivity index (χ4v) is 1.14. The fraction of sp³-hybridized carbons (Fsp3) is 0. The molecule has 2 rings (SSSR count). The van der Waals surface area contributed by atoms with Crippen LogP contribution in [0, 0.1) is 0 Å². The average Bonchev–Trinajstić information content (AvgIpc) is 2.75. The Balaban J connectivity index is 0.000000172. The topological polar surface area (TPSA) is 90.4 Å². The van der Waals surface area contributed by atoms with Crippen LogP contribution in [0.2, 0.25) is 0 Å². The van der Waals surface area contributed by atoms with Gasteiger partial charge in [-0.05, 0) is 10.8 Å². The molecule has 1 heterocycles. The number of nitrogens with one attached hydrogen (secondary N) is 1. The molecule has 0 amide bonds. The van der Waals surface area contributed by atoms with Gasteiger partial charge in [-0.15, -0.1) is 0 Å². The molecule has 1 aromatic carbocycles. The van der Waals surface area contributed by atoms with Gasteiger partial charge in [-0.1, -0.05) is 24.3 Å². The molecule has 0 aliphatic rings. The number of rotatable bonds is 2. The summed E-state index contributed by atoms with van der Waals surface area (Å²) in [5.41, 5.74) is 0. The number of aromatic amines is 1. The van der Waals surface area contributed by atoms with E-state index in [2.05, 4.69) is 17.1 Å². The van der Waals surface area contributed by atoms with Gasteiger partial charge in [0.1, 0.15) is 0 Å². The van der Waals surface area contributed by atoms with Gasteiger partial charge in [0.15, 0.2) is 0 Å². The molecule has 0 radical (unpaired) electrons. The number of H-pyrrole nitrogens is 1. The summed E-state index contributed by atoms with van der Waals surface area (Å²) in [6.07, 6.45) is 5.11. The summed E-state index contributed by atoms with van der Waals surface area (Å²) in [7, 11) is 0. The van der Waals surface area contributed by atoms with Crippen molar-refractivity contribution in [3.8, 4) is 0 Å². The Kier molecular flexibility index (Phi) is 4.50. The zero-order valence-corrected chi connectivity index (χ0v) is 8.83. The highest BCUT2D eigenvalue weighted by atomic mass is 16.4. The SMILES string of the molecule is O=C(O)/C=C/C(=O)O.c1ccc2c[nH]cc2c1. The predicted octanol–water partition coefficient (Wildman–Crippen LogP) is 1.88. The van der Waals surface area contributed by atoms with Crippen LogP contribution >= 0.6 is 0 Å². The average molecular weight is 233 g/mol. The predicted molar refractivity (Wildman–Crippen MR) is 62.7 cm³/mol. The molecular weight excluding hydrogens is 222 g/mol. The van der Waals surface area contributed by atoms with Crippen molar-refractivity contribution in [3.05, 3.63) is 48.8 Å².